The highest BCUT2D eigenvalue weighted by Crippen LogP contribution is 2.30. The van der Waals surface area contributed by atoms with Gasteiger partial charge in [0.25, 0.3) is 11.8 Å². The van der Waals surface area contributed by atoms with E-state index >= 15 is 0 Å². The van der Waals surface area contributed by atoms with Crippen molar-refractivity contribution in [1.29, 1.82) is 0 Å². The van der Waals surface area contributed by atoms with Crippen molar-refractivity contribution in [2.45, 2.75) is 13.0 Å². The Hall–Kier alpha value is -3.32. The van der Waals surface area contributed by atoms with Crippen LogP contribution in [0.3, 0.4) is 0 Å². The molecule has 29 heavy (non-hydrogen) atoms. The lowest BCUT2D eigenvalue weighted by Gasteiger charge is -2.17. The lowest BCUT2D eigenvalue weighted by molar-refractivity contribution is 0.0939. The maximum atomic E-state index is 12.6. The SMILES string of the molecule is COc1ccc(C(C)NC(=O)c2ccc(NC(=O)c3cccs3)cc2)cc1OC. The van der Waals surface area contributed by atoms with Crippen LogP contribution in [0.5, 0.6) is 11.5 Å². The fourth-order valence-electron chi connectivity index (χ4n) is 2.79. The molecule has 3 aromatic rings. The van der Waals surface area contributed by atoms with Crippen molar-refractivity contribution in [2.24, 2.45) is 0 Å². The predicted molar refractivity (Wildman–Crippen MR) is 114 cm³/mol. The van der Waals surface area contributed by atoms with Gasteiger partial charge in [0.1, 0.15) is 0 Å². The molecule has 2 amide bonds. The van der Waals surface area contributed by atoms with Crippen molar-refractivity contribution in [3.8, 4) is 11.5 Å². The molecule has 0 fully saturated rings. The second-order valence-electron chi connectivity index (χ2n) is 6.32. The molecule has 0 aliphatic carbocycles. The monoisotopic (exact) mass is 410 g/mol. The van der Waals surface area contributed by atoms with Gasteiger partial charge in [-0.3, -0.25) is 9.59 Å². The standard InChI is InChI=1S/C22H22N2O4S/c1-14(16-8-11-18(27-2)19(13-16)28-3)23-21(25)15-6-9-17(10-7-15)24-22(26)20-5-4-12-29-20/h4-14H,1-3H3,(H,23,25)(H,24,26). The molecule has 1 heterocycles. The summed E-state index contributed by atoms with van der Waals surface area (Å²) in [6.45, 7) is 1.90. The molecule has 1 unspecified atom stereocenters. The minimum absolute atomic E-state index is 0.167. The number of carbonyl (C=O) groups is 2. The van der Waals surface area contributed by atoms with Crippen LogP contribution in [0.25, 0.3) is 0 Å². The van der Waals surface area contributed by atoms with E-state index in [1.807, 2.05) is 36.6 Å². The maximum Gasteiger partial charge on any atom is 0.265 e. The number of rotatable bonds is 7. The number of benzene rings is 2. The number of hydrogen-bond acceptors (Lipinski definition) is 5. The van der Waals surface area contributed by atoms with Gasteiger partial charge in [0.15, 0.2) is 11.5 Å². The third kappa shape index (κ3) is 4.94. The van der Waals surface area contributed by atoms with Gasteiger partial charge < -0.3 is 20.1 Å². The van der Waals surface area contributed by atoms with Gasteiger partial charge >= 0.3 is 0 Å². The number of hydrogen-bond donors (Lipinski definition) is 2. The van der Waals surface area contributed by atoms with Crippen molar-refractivity contribution < 1.29 is 19.1 Å². The average Bonchev–Trinajstić information content (AvgIpc) is 3.28. The Balaban J connectivity index is 1.64. The number of nitrogens with one attached hydrogen (secondary N) is 2. The summed E-state index contributed by atoms with van der Waals surface area (Å²) in [5.41, 5.74) is 2.04. The van der Waals surface area contributed by atoms with Crippen LogP contribution in [0.1, 0.15) is 38.6 Å². The van der Waals surface area contributed by atoms with Crippen LogP contribution in [0.2, 0.25) is 0 Å². The molecule has 0 aliphatic heterocycles. The molecule has 1 aromatic heterocycles. The summed E-state index contributed by atoms with van der Waals surface area (Å²) < 4.78 is 10.6. The van der Waals surface area contributed by atoms with Gasteiger partial charge in [-0.15, -0.1) is 11.3 Å². The molecule has 0 saturated heterocycles. The minimum atomic E-state index is -0.222. The first-order chi connectivity index (χ1) is 14.0. The fraction of sp³-hybridized carbons (Fsp3) is 0.182. The fourth-order valence-corrected chi connectivity index (χ4v) is 3.41. The lowest BCUT2D eigenvalue weighted by Crippen LogP contribution is -2.26. The highest BCUT2D eigenvalue weighted by atomic mass is 32.1. The zero-order valence-corrected chi connectivity index (χ0v) is 17.2. The number of anilines is 1. The van der Waals surface area contributed by atoms with E-state index in [1.165, 1.54) is 11.3 Å². The molecule has 0 saturated carbocycles. The van der Waals surface area contributed by atoms with E-state index in [1.54, 1.807) is 44.6 Å². The second-order valence-corrected chi connectivity index (χ2v) is 7.27. The molecule has 150 valence electrons. The Morgan fingerprint density at radius 2 is 1.66 bits per heavy atom. The smallest absolute Gasteiger partial charge is 0.265 e. The van der Waals surface area contributed by atoms with E-state index < -0.39 is 0 Å². The summed E-state index contributed by atoms with van der Waals surface area (Å²) in [5.74, 6) is 0.870. The summed E-state index contributed by atoms with van der Waals surface area (Å²) in [7, 11) is 3.15. The number of ether oxygens (including phenoxy) is 2. The Kier molecular flexibility index (Phi) is 6.51. The summed E-state index contributed by atoms with van der Waals surface area (Å²) in [6, 6.07) is 15.7. The number of carbonyl (C=O) groups excluding carboxylic acids is 2. The van der Waals surface area contributed by atoms with E-state index in [9.17, 15) is 9.59 Å². The largest absolute Gasteiger partial charge is 0.493 e. The van der Waals surface area contributed by atoms with E-state index in [0.717, 1.165) is 5.56 Å². The van der Waals surface area contributed by atoms with Crippen LogP contribution >= 0.6 is 11.3 Å². The van der Waals surface area contributed by atoms with Crippen LogP contribution in [-0.4, -0.2) is 26.0 Å². The zero-order valence-electron chi connectivity index (χ0n) is 16.4. The molecule has 0 aliphatic rings. The number of thiophene rings is 1. The van der Waals surface area contributed by atoms with Crippen molar-refractivity contribution in [1.82, 2.24) is 5.32 Å². The molecule has 2 N–H and O–H groups in total. The van der Waals surface area contributed by atoms with Crippen LogP contribution in [-0.2, 0) is 0 Å². The normalized spacial score (nSPS) is 11.4. The molecule has 7 heteroatoms. The van der Waals surface area contributed by atoms with Crippen molar-refractivity contribution in [2.75, 3.05) is 19.5 Å². The second kappa shape index (κ2) is 9.25. The van der Waals surface area contributed by atoms with Gasteiger partial charge in [-0.2, -0.15) is 0 Å². The number of methoxy groups -OCH3 is 2. The van der Waals surface area contributed by atoms with E-state index in [4.69, 9.17) is 9.47 Å². The molecule has 0 bridgehead atoms. The molecule has 0 radical (unpaired) electrons. The Bertz CT molecular complexity index is 985. The maximum absolute atomic E-state index is 12.6. The number of amides is 2. The van der Waals surface area contributed by atoms with Crippen LogP contribution in [0.4, 0.5) is 5.69 Å². The van der Waals surface area contributed by atoms with Crippen LogP contribution < -0.4 is 20.1 Å². The van der Waals surface area contributed by atoms with Gasteiger partial charge in [0.05, 0.1) is 25.1 Å². The molecule has 0 spiro atoms. The third-order valence-electron chi connectivity index (χ3n) is 4.41. The first-order valence-corrected chi connectivity index (χ1v) is 9.87. The summed E-state index contributed by atoms with van der Waals surface area (Å²) >= 11 is 1.37. The van der Waals surface area contributed by atoms with Gasteiger partial charge in [0, 0.05) is 11.3 Å². The first-order valence-electron chi connectivity index (χ1n) is 8.99. The van der Waals surface area contributed by atoms with Crippen molar-refractivity contribution >= 4 is 28.8 Å². The summed E-state index contributed by atoms with van der Waals surface area (Å²) in [4.78, 5) is 25.3. The van der Waals surface area contributed by atoms with Gasteiger partial charge in [-0.1, -0.05) is 12.1 Å². The Labute approximate surface area is 173 Å². The molecule has 1 atom stereocenters. The highest BCUT2D eigenvalue weighted by Gasteiger charge is 2.14. The van der Waals surface area contributed by atoms with E-state index in [0.29, 0.717) is 27.6 Å². The quantitative estimate of drug-likeness (QED) is 0.601. The van der Waals surface area contributed by atoms with Crippen LogP contribution in [0, 0.1) is 0 Å². The molecule has 6 nitrogen and oxygen atoms in total. The zero-order chi connectivity index (χ0) is 20.8. The Morgan fingerprint density at radius 3 is 2.28 bits per heavy atom. The van der Waals surface area contributed by atoms with Crippen LogP contribution in [0.15, 0.2) is 60.0 Å². The first kappa shape index (κ1) is 20.4. The minimum Gasteiger partial charge on any atom is -0.493 e. The third-order valence-corrected chi connectivity index (χ3v) is 5.27. The highest BCUT2D eigenvalue weighted by molar-refractivity contribution is 7.12. The lowest BCUT2D eigenvalue weighted by atomic mass is 10.1. The van der Waals surface area contributed by atoms with E-state index in [2.05, 4.69) is 10.6 Å². The van der Waals surface area contributed by atoms with Gasteiger partial charge in [0.2, 0.25) is 0 Å². The molecule has 2 aromatic carbocycles. The molecular weight excluding hydrogens is 388 g/mol. The summed E-state index contributed by atoms with van der Waals surface area (Å²) in [5, 5.41) is 7.63. The predicted octanol–water partition coefficient (Wildman–Crippen LogP) is 4.51. The van der Waals surface area contributed by atoms with Crippen molar-refractivity contribution in [3.05, 3.63) is 76.0 Å². The average molecular weight is 410 g/mol. The van der Waals surface area contributed by atoms with Gasteiger partial charge in [-0.05, 0) is 60.3 Å². The topological polar surface area (TPSA) is 76.7 Å². The van der Waals surface area contributed by atoms with Gasteiger partial charge in [-0.25, -0.2) is 0 Å². The Morgan fingerprint density at radius 1 is 0.931 bits per heavy atom. The van der Waals surface area contributed by atoms with Crippen molar-refractivity contribution in [3.63, 3.8) is 0 Å². The molecular formula is C22H22N2O4S. The van der Waals surface area contributed by atoms with E-state index in [-0.39, 0.29) is 17.9 Å². The summed E-state index contributed by atoms with van der Waals surface area (Å²) in [6.07, 6.45) is 0. The molecule has 3 rings (SSSR count).